The van der Waals surface area contributed by atoms with E-state index in [0.717, 1.165) is 19.4 Å². The maximum absolute atomic E-state index is 6.13. The molecule has 0 aliphatic heterocycles. The molecule has 2 heteroatoms. The second-order valence-electron chi connectivity index (χ2n) is 6.46. The van der Waals surface area contributed by atoms with Crippen LogP contribution in [0.5, 0.6) is 0 Å². The second-order valence-corrected chi connectivity index (χ2v) is 6.46. The molecule has 0 aromatic heterocycles. The number of ether oxygens (including phenoxy) is 1. The Bertz CT molecular complexity index is 203. The lowest BCUT2D eigenvalue weighted by Crippen LogP contribution is -2.45. The van der Waals surface area contributed by atoms with Crippen molar-refractivity contribution in [2.45, 2.75) is 77.7 Å². The molecule has 102 valence electrons. The first kappa shape index (κ1) is 15.0. The zero-order chi connectivity index (χ0) is 12.8. The number of hydrogen-bond donors (Lipinski definition) is 1. The van der Waals surface area contributed by atoms with E-state index in [1.807, 2.05) is 0 Å². The van der Waals surface area contributed by atoms with E-state index in [1.165, 1.54) is 38.5 Å². The first-order valence-corrected chi connectivity index (χ1v) is 7.38. The van der Waals surface area contributed by atoms with Gasteiger partial charge in [-0.05, 0) is 37.5 Å². The molecule has 17 heavy (non-hydrogen) atoms. The van der Waals surface area contributed by atoms with Crippen LogP contribution < -0.4 is 5.73 Å². The molecule has 1 rings (SSSR count). The molecule has 0 radical (unpaired) electrons. The summed E-state index contributed by atoms with van der Waals surface area (Å²) in [6.07, 6.45) is 9.89. The zero-order valence-electron chi connectivity index (χ0n) is 12.1. The fourth-order valence-corrected chi connectivity index (χ4v) is 2.61. The first-order chi connectivity index (χ1) is 8.04. The molecule has 0 heterocycles. The van der Waals surface area contributed by atoms with Gasteiger partial charge in [-0.1, -0.05) is 40.0 Å². The van der Waals surface area contributed by atoms with Crippen LogP contribution in [0.1, 0.15) is 72.1 Å². The molecule has 0 unspecified atom stereocenters. The maximum atomic E-state index is 6.13. The molecule has 0 aromatic rings. The largest absolute Gasteiger partial charge is 0.374 e. The second kappa shape index (κ2) is 6.75. The van der Waals surface area contributed by atoms with Gasteiger partial charge < -0.3 is 10.5 Å². The molecule has 1 saturated carbocycles. The van der Waals surface area contributed by atoms with Gasteiger partial charge in [0.1, 0.15) is 0 Å². The lowest BCUT2D eigenvalue weighted by atomic mass is 9.71. The van der Waals surface area contributed by atoms with Crippen molar-refractivity contribution in [1.82, 2.24) is 0 Å². The summed E-state index contributed by atoms with van der Waals surface area (Å²) in [7, 11) is 0. The quantitative estimate of drug-likeness (QED) is 0.686. The van der Waals surface area contributed by atoms with Gasteiger partial charge in [-0.3, -0.25) is 0 Å². The van der Waals surface area contributed by atoms with E-state index in [4.69, 9.17) is 10.5 Å². The first-order valence-electron chi connectivity index (χ1n) is 7.38. The molecule has 1 aliphatic carbocycles. The molecular weight excluding hydrogens is 210 g/mol. The Kier molecular flexibility index (Phi) is 5.94. The van der Waals surface area contributed by atoms with Crippen LogP contribution in [0.15, 0.2) is 0 Å². The third-order valence-electron chi connectivity index (χ3n) is 4.29. The van der Waals surface area contributed by atoms with Gasteiger partial charge in [0.05, 0.1) is 5.60 Å². The Morgan fingerprint density at radius 3 is 2.18 bits per heavy atom. The summed E-state index contributed by atoms with van der Waals surface area (Å²) in [5, 5.41) is 0. The van der Waals surface area contributed by atoms with Crippen LogP contribution in [0.3, 0.4) is 0 Å². The van der Waals surface area contributed by atoms with Crippen molar-refractivity contribution >= 4 is 0 Å². The van der Waals surface area contributed by atoms with Crippen LogP contribution in [-0.4, -0.2) is 18.8 Å². The summed E-state index contributed by atoms with van der Waals surface area (Å²) in [5.41, 5.74) is 6.43. The Balaban J connectivity index is 2.27. The minimum Gasteiger partial charge on any atom is -0.374 e. The molecule has 0 bridgehead atoms. The highest BCUT2D eigenvalue weighted by atomic mass is 16.5. The standard InChI is InChI=1S/C15H31NO/c1-4-5-6-7-12-17-15(13-16)10-8-14(2,3)9-11-15/h4-13,16H2,1-3H3. The lowest BCUT2D eigenvalue weighted by molar-refractivity contribution is -0.0822. The molecule has 0 aromatic carbocycles. The van der Waals surface area contributed by atoms with Crippen molar-refractivity contribution in [3.8, 4) is 0 Å². The highest BCUT2D eigenvalue weighted by Gasteiger charge is 2.37. The van der Waals surface area contributed by atoms with Crippen LogP contribution in [0, 0.1) is 5.41 Å². The number of hydrogen-bond acceptors (Lipinski definition) is 2. The molecule has 2 nitrogen and oxygen atoms in total. The van der Waals surface area contributed by atoms with Gasteiger partial charge in [0.2, 0.25) is 0 Å². The molecular formula is C15H31NO. The Morgan fingerprint density at radius 1 is 1.00 bits per heavy atom. The van der Waals surface area contributed by atoms with Crippen molar-refractivity contribution in [1.29, 1.82) is 0 Å². The van der Waals surface area contributed by atoms with Crippen molar-refractivity contribution in [3.05, 3.63) is 0 Å². The van der Waals surface area contributed by atoms with E-state index >= 15 is 0 Å². The summed E-state index contributed by atoms with van der Waals surface area (Å²) in [4.78, 5) is 0. The number of nitrogens with two attached hydrogens (primary N) is 1. The van der Waals surface area contributed by atoms with Crippen molar-refractivity contribution in [2.75, 3.05) is 13.2 Å². The van der Waals surface area contributed by atoms with Crippen LogP contribution in [0.4, 0.5) is 0 Å². The predicted molar refractivity (Wildman–Crippen MR) is 74.1 cm³/mol. The third kappa shape index (κ3) is 4.97. The summed E-state index contributed by atoms with van der Waals surface area (Å²) in [5.74, 6) is 0. The van der Waals surface area contributed by atoms with E-state index in [1.54, 1.807) is 0 Å². The fraction of sp³-hybridized carbons (Fsp3) is 1.00. The van der Waals surface area contributed by atoms with Crippen molar-refractivity contribution < 1.29 is 4.74 Å². The number of rotatable bonds is 7. The van der Waals surface area contributed by atoms with Crippen LogP contribution in [0.25, 0.3) is 0 Å². The van der Waals surface area contributed by atoms with Crippen LogP contribution >= 0.6 is 0 Å². The van der Waals surface area contributed by atoms with Crippen molar-refractivity contribution in [2.24, 2.45) is 11.1 Å². The summed E-state index contributed by atoms with van der Waals surface area (Å²) in [6.45, 7) is 8.54. The SMILES string of the molecule is CCCCCCOC1(CN)CCC(C)(C)CC1. The molecule has 0 saturated heterocycles. The molecule has 2 N–H and O–H groups in total. The summed E-state index contributed by atoms with van der Waals surface area (Å²) < 4.78 is 6.13. The fourth-order valence-electron chi connectivity index (χ4n) is 2.61. The Labute approximate surface area is 107 Å². The van der Waals surface area contributed by atoms with Crippen molar-refractivity contribution in [3.63, 3.8) is 0 Å². The van der Waals surface area contributed by atoms with Gasteiger partial charge in [-0.25, -0.2) is 0 Å². The molecule has 0 atom stereocenters. The molecule has 1 aliphatic rings. The van der Waals surface area contributed by atoms with E-state index in [9.17, 15) is 0 Å². The zero-order valence-corrected chi connectivity index (χ0v) is 12.1. The topological polar surface area (TPSA) is 35.2 Å². The third-order valence-corrected chi connectivity index (χ3v) is 4.29. The van der Waals surface area contributed by atoms with Gasteiger partial charge in [0.25, 0.3) is 0 Å². The Morgan fingerprint density at radius 2 is 1.65 bits per heavy atom. The summed E-state index contributed by atoms with van der Waals surface area (Å²) >= 11 is 0. The van der Waals surface area contributed by atoms with E-state index in [2.05, 4.69) is 20.8 Å². The summed E-state index contributed by atoms with van der Waals surface area (Å²) in [6, 6.07) is 0. The van der Waals surface area contributed by atoms with E-state index < -0.39 is 0 Å². The average Bonchev–Trinajstić information content (AvgIpc) is 2.32. The van der Waals surface area contributed by atoms with Gasteiger partial charge in [0.15, 0.2) is 0 Å². The normalized spacial score (nSPS) is 22.6. The highest BCUT2D eigenvalue weighted by Crippen LogP contribution is 2.41. The number of unbranched alkanes of at least 4 members (excludes halogenated alkanes) is 3. The Hall–Kier alpha value is -0.0800. The van der Waals surface area contributed by atoms with E-state index in [0.29, 0.717) is 12.0 Å². The van der Waals surface area contributed by atoms with Gasteiger partial charge in [-0.15, -0.1) is 0 Å². The predicted octanol–water partition coefficient (Wildman–Crippen LogP) is 3.88. The van der Waals surface area contributed by atoms with Gasteiger partial charge in [-0.2, -0.15) is 0 Å². The molecule has 0 spiro atoms. The smallest absolute Gasteiger partial charge is 0.0804 e. The average molecular weight is 241 g/mol. The minimum atomic E-state index is 0.00172. The minimum absolute atomic E-state index is 0.00172. The van der Waals surface area contributed by atoms with Crippen LogP contribution in [-0.2, 0) is 4.74 Å². The molecule has 1 fully saturated rings. The maximum Gasteiger partial charge on any atom is 0.0804 e. The van der Waals surface area contributed by atoms with E-state index in [-0.39, 0.29) is 5.60 Å². The van der Waals surface area contributed by atoms with Gasteiger partial charge >= 0.3 is 0 Å². The highest BCUT2D eigenvalue weighted by molar-refractivity contribution is 4.91. The monoisotopic (exact) mass is 241 g/mol. The van der Waals surface area contributed by atoms with Crippen LogP contribution in [0.2, 0.25) is 0 Å². The lowest BCUT2D eigenvalue weighted by Gasteiger charge is -2.42. The molecule has 0 amide bonds. The van der Waals surface area contributed by atoms with Gasteiger partial charge in [0, 0.05) is 13.2 Å².